The number of nitrogens with zero attached hydrogens (tertiary/aromatic N) is 3. The van der Waals surface area contributed by atoms with Gasteiger partial charge in [-0.3, -0.25) is 9.36 Å². The van der Waals surface area contributed by atoms with Crippen LogP contribution < -0.4 is 10.5 Å². The van der Waals surface area contributed by atoms with Crippen LogP contribution in [0.1, 0.15) is 48.2 Å². The standard InChI is InChI=1S/C31H29F6N3O2/c1-20-17-22(29(42,30(32,33)34)31(35,36)37)11-14-26(20)40-27(18-21-9-5-4-6-10-21)38-25-13-12-23(19-24(25)28(40)41)39-15-7-2-3-8-16-39/h4-6,9-14,17,19,42H,2-3,7-8,15-16,18H2,1H3. The van der Waals surface area contributed by atoms with E-state index in [9.17, 15) is 36.2 Å². The summed E-state index contributed by atoms with van der Waals surface area (Å²) in [7, 11) is 0. The van der Waals surface area contributed by atoms with E-state index in [0.717, 1.165) is 56.1 Å². The molecule has 1 aliphatic rings. The molecule has 0 unspecified atom stereocenters. The summed E-state index contributed by atoms with van der Waals surface area (Å²) in [5.41, 5.74) is -4.89. The molecule has 0 saturated carbocycles. The number of fused-ring (bicyclic) bond motifs is 1. The predicted molar refractivity (Wildman–Crippen MR) is 148 cm³/mol. The summed E-state index contributed by atoms with van der Waals surface area (Å²) in [6, 6.07) is 16.7. The molecule has 0 radical (unpaired) electrons. The zero-order valence-electron chi connectivity index (χ0n) is 22.8. The van der Waals surface area contributed by atoms with Crippen LogP contribution in [0, 0.1) is 6.92 Å². The van der Waals surface area contributed by atoms with E-state index in [2.05, 4.69) is 4.90 Å². The molecule has 1 N–H and O–H groups in total. The van der Waals surface area contributed by atoms with Crippen molar-refractivity contribution in [2.45, 2.75) is 57.0 Å². The van der Waals surface area contributed by atoms with Crippen molar-refractivity contribution >= 4 is 16.6 Å². The Hall–Kier alpha value is -3.86. The largest absolute Gasteiger partial charge is 0.430 e. The average Bonchev–Trinajstić information content (AvgIpc) is 3.22. The second kappa shape index (κ2) is 11.1. The molecule has 5 nitrogen and oxygen atoms in total. The fourth-order valence-electron chi connectivity index (χ4n) is 5.51. The van der Waals surface area contributed by atoms with Crippen molar-refractivity contribution in [3.63, 3.8) is 0 Å². The molecule has 1 aromatic heterocycles. The minimum Gasteiger partial charge on any atom is -0.372 e. The molecule has 11 heteroatoms. The molecule has 5 rings (SSSR count). The van der Waals surface area contributed by atoms with E-state index in [4.69, 9.17) is 4.98 Å². The second-order valence-corrected chi connectivity index (χ2v) is 10.6. The predicted octanol–water partition coefficient (Wildman–Crippen LogP) is 6.98. The van der Waals surface area contributed by atoms with Crippen LogP contribution in [-0.4, -0.2) is 40.1 Å². The van der Waals surface area contributed by atoms with Gasteiger partial charge in [0.15, 0.2) is 0 Å². The van der Waals surface area contributed by atoms with Gasteiger partial charge in [0.25, 0.3) is 11.2 Å². The highest BCUT2D eigenvalue weighted by Gasteiger charge is 2.71. The zero-order valence-corrected chi connectivity index (χ0v) is 22.8. The first-order valence-corrected chi connectivity index (χ1v) is 13.6. The molecule has 0 bridgehead atoms. The quantitative estimate of drug-likeness (QED) is 0.255. The van der Waals surface area contributed by atoms with Crippen molar-refractivity contribution in [3.8, 4) is 5.69 Å². The summed E-state index contributed by atoms with van der Waals surface area (Å²) in [6.07, 6.45) is -7.60. The lowest BCUT2D eigenvalue weighted by Gasteiger charge is -2.33. The summed E-state index contributed by atoms with van der Waals surface area (Å²) in [5, 5.41) is 10.2. The first-order valence-electron chi connectivity index (χ1n) is 13.6. The van der Waals surface area contributed by atoms with Crippen molar-refractivity contribution < 1.29 is 31.4 Å². The van der Waals surface area contributed by atoms with Gasteiger partial charge in [0.1, 0.15) is 5.82 Å². The average molecular weight is 590 g/mol. The number of hydrogen-bond acceptors (Lipinski definition) is 4. The van der Waals surface area contributed by atoms with Crippen LogP contribution in [0.4, 0.5) is 32.0 Å². The molecular weight excluding hydrogens is 560 g/mol. The molecule has 222 valence electrons. The molecule has 1 fully saturated rings. The van der Waals surface area contributed by atoms with Gasteiger partial charge in [-0.1, -0.05) is 55.3 Å². The third kappa shape index (κ3) is 5.37. The Kier molecular flexibility index (Phi) is 7.82. The topological polar surface area (TPSA) is 58.4 Å². The summed E-state index contributed by atoms with van der Waals surface area (Å²) >= 11 is 0. The van der Waals surface area contributed by atoms with Gasteiger partial charge in [-0.25, -0.2) is 4.98 Å². The molecule has 42 heavy (non-hydrogen) atoms. The molecule has 2 heterocycles. The Balaban J connectivity index is 1.70. The Labute approximate surface area is 238 Å². The Morgan fingerprint density at radius 2 is 1.48 bits per heavy atom. The minimum atomic E-state index is -6.03. The van der Waals surface area contributed by atoms with E-state index in [0.29, 0.717) is 17.6 Å². The Morgan fingerprint density at radius 3 is 2.07 bits per heavy atom. The third-order valence-electron chi connectivity index (χ3n) is 7.77. The maximum Gasteiger partial charge on any atom is 0.430 e. The Bertz CT molecular complexity index is 1630. The van der Waals surface area contributed by atoms with Gasteiger partial charge in [-0.15, -0.1) is 0 Å². The number of aromatic nitrogens is 2. The van der Waals surface area contributed by atoms with Crippen LogP contribution in [0.3, 0.4) is 0 Å². The lowest BCUT2D eigenvalue weighted by molar-refractivity contribution is -0.376. The van der Waals surface area contributed by atoms with Crippen LogP contribution in [0.25, 0.3) is 16.6 Å². The van der Waals surface area contributed by atoms with Gasteiger partial charge < -0.3 is 10.0 Å². The fourth-order valence-corrected chi connectivity index (χ4v) is 5.51. The normalized spacial score (nSPS) is 15.2. The number of alkyl halides is 6. The highest BCUT2D eigenvalue weighted by molar-refractivity contribution is 5.82. The second-order valence-electron chi connectivity index (χ2n) is 10.6. The Morgan fingerprint density at radius 1 is 0.833 bits per heavy atom. The number of rotatable bonds is 5. The van der Waals surface area contributed by atoms with E-state index in [-0.39, 0.29) is 28.9 Å². The molecule has 3 aromatic carbocycles. The van der Waals surface area contributed by atoms with Crippen molar-refractivity contribution in [2.75, 3.05) is 18.0 Å². The number of halogens is 6. The first-order chi connectivity index (χ1) is 19.8. The van der Waals surface area contributed by atoms with E-state index in [1.165, 1.54) is 11.5 Å². The van der Waals surface area contributed by atoms with Crippen LogP contribution in [0.15, 0.2) is 71.5 Å². The maximum atomic E-state index is 14.1. The van der Waals surface area contributed by atoms with E-state index in [1.807, 2.05) is 24.3 Å². The monoisotopic (exact) mass is 589 g/mol. The van der Waals surface area contributed by atoms with E-state index < -0.39 is 29.1 Å². The van der Waals surface area contributed by atoms with Crippen LogP contribution in [-0.2, 0) is 12.0 Å². The highest BCUT2D eigenvalue weighted by atomic mass is 19.4. The van der Waals surface area contributed by atoms with Crippen LogP contribution in [0.5, 0.6) is 0 Å². The SMILES string of the molecule is Cc1cc(C(O)(C(F)(F)F)C(F)(F)F)ccc1-n1c(Cc2ccccc2)nc2ccc(N3CCCCCC3)cc2c1=O. The van der Waals surface area contributed by atoms with E-state index in [1.54, 1.807) is 24.3 Å². The van der Waals surface area contributed by atoms with Gasteiger partial charge in [-0.05, 0) is 55.2 Å². The number of benzene rings is 3. The fraction of sp³-hybridized carbons (Fsp3) is 0.355. The van der Waals surface area contributed by atoms with Crippen molar-refractivity contribution in [1.82, 2.24) is 9.55 Å². The molecule has 1 aliphatic heterocycles. The molecule has 0 spiro atoms. The zero-order chi connectivity index (χ0) is 30.3. The van der Waals surface area contributed by atoms with Crippen LogP contribution in [0.2, 0.25) is 0 Å². The van der Waals surface area contributed by atoms with Crippen molar-refractivity contribution in [2.24, 2.45) is 0 Å². The summed E-state index contributed by atoms with van der Waals surface area (Å²) in [4.78, 5) is 21.0. The number of anilines is 1. The van der Waals surface area contributed by atoms with Gasteiger partial charge in [-0.2, -0.15) is 26.3 Å². The van der Waals surface area contributed by atoms with Gasteiger partial charge in [0.05, 0.1) is 16.6 Å². The lowest BCUT2D eigenvalue weighted by atomic mass is 9.90. The smallest absolute Gasteiger partial charge is 0.372 e. The minimum absolute atomic E-state index is 0.0657. The van der Waals surface area contributed by atoms with Crippen LogP contribution >= 0.6 is 0 Å². The molecule has 0 amide bonds. The summed E-state index contributed by atoms with van der Waals surface area (Å²) < 4.78 is 82.6. The highest BCUT2D eigenvalue weighted by Crippen LogP contribution is 2.50. The lowest BCUT2D eigenvalue weighted by Crippen LogP contribution is -2.54. The van der Waals surface area contributed by atoms with Gasteiger partial charge >= 0.3 is 12.4 Å². The number of aliphatic hydroxyl groups is 1. The molecule has 0 atom stereocenters. The molecule has 4 aromatic rings. The van der Waals surface area contributed by atoms with E-state index >= 15 is 0 Å². The number of aryl methyl sites for hydroxylation is 1. The number of hydrogen-bond donors (Lipinski definition) is 1. The third-order valence-corrected chi connectivity index (χ3v) is 7.77. The van der Waals surface area contributed by atoms with Gasteiger partial charge in [0, 0.05) is 30.8 Å². The first kappa shape index (κ1) is 29.6. The summed E-state index contributed by atoms with van der Waals surface area (Å²) in [6.45, 7) is 2.96. The van der Waals surface area contributed by atoms with Crippen molar-refractivity contribution in [3.05, 3.63) is 99.6 Å². The van der Waals surface area contributed by atoms with Gasteiger partial charge in [0.2, 0.25) is 0 Å². The molecule has 0 aliphatic carbocycles. The summed E-state index contributed by atoms with van der Waals surface area (Å²) in [5.74, 6) is 0.263. The maximum absolute atomic E-state index is 14.1. The molecule has 1 saturated heterocycles. The van der Waals surface area contributed by atoms with Crippen molar-refractivity contribution in [1.29, 1.82) is 0 Å². The molecular formula is C31H29F6N3O2.